The van der Waals surface area contributed by atoms with E-state index in [-0.39, 0.29) is 0 Å². The fourth-order valence-corrected chi connectivity index (χ4v) is 2.70. The van der Waals surface area contributed by atoms with Gasteiger partial charge >= 0.3 is 0 Å². The highest BCUT2D eigenvalue weighted by Gasteiger charge is 2.07. The van der Waals surface area contributed by atoms with Crippen LogP contribution in [0.1, 0.15) is 30.0 Å². The van der Waals surface area contributed by atoms with Crippen molar-refractivity contribution in [3.8, 4) is 0 Å². The third kappa shape index (κ3) is 4.82. The molecule has 4 heteroatoms. The summed E-state index contributed by atoms with van der Waals surface area (Å²) in [5.74, 6) is 1.03. The van der Waals surface area contributed by atoms with Crippen LogP contribution in [0.4, 0.5) is 0 Å². The van der Waals surface area contributed by atoms with Crippen LogP contribution in [0.25, 0.3) is 0 Å². The lowest BCUT2D eigenvalue weighted by Gasteiger charge is -2.13. The zero-order valence-corrected chi connectivity index (χ0v) is 12.7. The van der Waals surface area contributed by atoms with Crippen molar-refractivity contribution in [1.82, 2.24) is 10.2 Å². The minimum atomic E-state index is 0.500. The van der Waals surface area contributed by atoms with Crippen LogP contribution >= 0.6 is 11.3 Å². The molecule has 0 aromatic carbocycles. The van der Waals surface area contributed by atoms with Gasteiger partial charge in [0.2, 0.25) is 0 Å². The monoisotopic (exact) mass is 278 g/mol. The fraction of sp³-hybridized carbons (Fsp3) is 0.467. The summed E-state index contributed by atoms with van der Waals surface area (Å²) in [6.45, 7) is 6.99. The van der Waals surface area contributed by atoms with Crippen molar-refractivity contribution in [2.75, 3.05) is 7.05 Å². The van der Waals surface area contributed by atoms with Gasteiger partial charge in [-0.05, 0) is 24.6 Å². The Bertz CT molecular complexity index is 476. The molecule has 0 saturated heterocycles. The Morgan fingerprint density at radius 3 is 2.89 bits per heavy atom. The van der Waals surface area contributed by atoms with Crippen LogP contribution in [0.5, 0.6) is 0 Å². The Morgan fingerprint density at radius 2 is 2.21 bits per heavy atom. The van der Waals surface area contributed by atoms with E-state index in [2.05, 4.69) is 54.7 Å². The second-order valence-electron chi connectivity index (χ2n) is 5.21. The Morgan fingerprint density at radius 1 is 1.37 bits per heavy atom. The van der Waals surface area contributed by atoms with Crippen molar-refractivity contribution in [3.05, 3.63) is 46.0 Å². The summed E-state index contributed by atoms with van der Waals surface area (Å²) < 4.78 is 5.61. The molecule has 2 heterocycles. The van der Waals surface area contributed by atoms with Gasteiger partial charge in [-0.15, -0.1) is 11.3 Å². The first-order valence-electron chi connectivity index (χ1n) is 6.64. The van der Waals surface area contributed by atoms with Gasteiger partial charge < -0.3 is 9.73 Å². The van der Waals surface area contributed by atoms with E-state index in [0.29, 0.717) is 6.04 Å². The number of thiophene rings is 1. The maximum atomic E-state index is 5.61. The SMILES string of the molecule is CC(C)NCc1coc(CN(C)Cc2cccs2)c1. The lowest BCUT2D eigenvalue weighted by molar-refractivity contribution is 0.290. The van der Waals surface area contributed by atoms with Gasteiger partial charge in [-0.25, -0.2) is 0 Å². The molecule has 0 fully saturated rings. The van der Waals surface area contributed by atoms with Crippen molar-refractivity contribution in [2.24, 2.45) is 0 Å². The Balaban J connectivity index is 1.82. The van der Waals surface area contributed by atoms with E-state index in [9.17, 15) is 0 Å². The quantitative estimate of drug-likeness (QED) is 0.840. The van der Waals surface area contributed by atoms with Gasteiger partial charge in [-0.3, -0.25) is 4.90 Å². The maximum absolute atomic E-state index is 5.61. The van der Waals surface area contributed by atoms with Gasteiger partial charge in [0.25, 0.3) is 0 Å². The minimum Gasteiger partial charge on any atom is -0.468 e. The summed E-state index contributed by atoms with van der Waals surface area (Å²) in [7, 11) is 2.12. The van der Waals surface area contributed by atoms with Crippen molar-refractivity contribution in [1.29, 1.82) is 0 Å². The zero-order valence-electron chi connectivity index (χ0n) is 11.8. The molecule has 2 aromatic rings. The first kappa shape index (κ1) is 14.3. The molecule has 0 radical (unpaired) electrons. The van der Waals surface area contributed by atoms with Gasteiger partial charge in [0.15, 0.2) is 0 Å². The summed E-state index contributed by atoms with van der Waals surface area (Å²) in [5, 5.41) is 5.51. The highest BCUT2D eigenvalue weighted by atomic mass is 32.1. The molecule has 0 saturated carbocycles. The highest BCUT2D eigenvalue weighted by molar-refractivity contribution is 7.09. The van der Waals surface area contributed by atoms with Crippen LogP contribution in [0.15, 0.2) is 34.3 Å². The molecule has 2 rings (SSSR count). The molecule has 0 bridgehead atoms. The summed E-state index contributed by atoms with van der Waals surface area (Å²) >= 11 is 1.80. The molecular formula is C15H22N2OS. The van der Waals surface area contributed by atoms with Crippen LogP contribution in [0.3, 0.4) is 0 Å². The summed E-state index contributed by atoms with van der Waals surface area (Å²) in [5.41, 5.74) is 1.22. The summed E-state index contributed by atoms with van der Waals surface area (Å²) in [6.07, 6.45) is 1.85. The van der Waals surface area contributed by atoms with Crippen LogP contribution in [0, 0.1) is 0 Å². The van der Waals surface area contributed by atoms with Crippen LogP contribution in [0.2, 0.25) is 0 Å². The molecule has 2 aromatic heterocycles. The van der Waals surface area contributed by atoms with E-state index in [1.165, 1.54) is 10.4 Å². The predicted octanol–water partition coefficient (Wildman–Crippen LogP) is 3.47. The molecule has 104 valence electrons. The van der Waals surface area contributed by atoms with E-state index in [1.807, 2.05) is 6.26 Å². The van der Waals surface area contributed by atoms with E-state index >= 15 is 0 Å². The molecule has 0 spiro atoms. The van der Waals surface area contributed by atoms with Gasteiger partial charge in [-0.2, -0.15) is 0 Å². The van der Waals surface area contributed by atoms with E-state index < -0.39 is 0 Å². The molecule has 0 unspecified atom stereocenters. The predicted molar refractivity (Wildman–Crippen MR) is 80.2 cm³/mol. The normalized spacial score (nSPS) is 11.6. The molecule has 19 heavy (non-hydrogen) atoms. The number of furan rings is 1. The van der Waals surface area contributed by atoms with Gasteiger partial charge in [-0.1, -0.05) is 19.9 Å². The van der Waals surface area contributed by atoms with Crippen LogP contribution in [-0.2, 0) is 19.6 Å². The summed E-state index contributed by atoms with van der Waals surface area (Å²) in [4.78, 5) is 3.65. The number of rotatable bonds is 7. The lowest BCUT2D eigenvalue weighted by atomic mass is 10.2. The van der Waals surface area contributed by atoms with Crippen LogP contribution < -0.4 is 5.32 Å². The van der Waals surface area contributed by atoms with Gasteiger partial charge in [0.05, 0.1) is 12.8 Å². The van der Waals surface area contributed by atoms with E-state index in [0.717, 1.165) is 25.4 Å². The van der Waals surface area contributed by atoms with Crippen molar-refractivity contribution in [3.63, 3.8) is 0 Å². The minimum absolute atomic E-state index is 0.500. The molecule has 0 atom stereocenters. The topological polar surface area (TPSA) is 28.4 Å². The number of nitrogens with one attached hydrogen (secondary N) is 1. The third-order valence-electron chi connectivity index (χ3n) is 2.85. The highest BCUT2D eigenvalue weighted by Crippen LogP contribution is 2.14. The lowest BCUT2D eigenvalue weighted by Crippen LogP contribution is -2.21. The van der Waals surface area contributed by atoms with E-state index in [4.69, 9.17) is 4.42 Å². The largest absolute Gasteiger partial charge is 0.468 e. The number of hydrogen-bond donors (Lipinski definition) is 1. The molecule has 0 aliphatic rings. The third-order valence-corrected chi connectivity index (χ3v) is 3.72. The Hall–Kier alpha value is -1.10. The first-order chi connectivity index (χ1) is 9.13. The maximum Gasteiger partial charge on any atom is 0.118 e. The average molecular weight is 278 g/mol. The second kappa shape index (κ2) is 6.89. The molecule has 3 nitrogen and oxygen atoms in total. The molecule has 1 N–H and O–H groups in total. The number of nitrogens with zero attached hydrogens (tertiary/aromatic N) is 1. The standard InChI is InChI=1S/C15H22N2OS/c1-12(2)16-8-13-7-14(18-11-13)9-17(3)10-15-5-4-6-19-15/h4-7,11-12,16H,8-10H2,1-3H3. The first-order valence-corrected chi connectivity index (χ1v) is 7.52. The zero-order chi connectivity index (χ0) is 13.7. The smallest absolute Gasteiger partial charge is 0.118 e. The second-order valence-corrected chi connectivity index (χ2v) is 6.24. The Kier molecular flexibility index (Phi) is 5.19. The molecule has 0 aliphatic heterocycles. The van der Waals surface area contributed by atoms with Crippen molar-refractivity contribution >= 4 is 11.3 Å². The average Bonchev–Trinajstić information content (AvgIpc) is 2.98. The summed E-state index contributed by atoms with van der Waals surface area (Å²) in [6, 6.07) is 6.90. The van der Waals surface area contributed by atoms with Crippen LogP contribution in [-0.4, -0.2) is 18.0 Å². The van der Waals surface area contributed by atoms with Gasteiger partial charge in [0, 0.05) is 29.6 Å². The van der Waals surface area contributed by atoms with Crippen molar-refractivity contribution < 1.29 is 4.42 Å². The number of hydrogen-bond acceptors (Lipinski definition) is 4. The molecule has 0 amide bonds. The van der Waals surface area contributed by atoms with Gasteiger partial charge in [0.1, 0.15) is 5.76 Å². The fourth-order valence-electron chi connectivity index (χ4n) is 1.91. The molecule has 0 aliphatic carbocycles. The van der Waals surface area contributed by atoms with Crippen molar-refractivity contribution in [2.45, 2.75) is 39.5 Å². The molecular weight excluding hydrogens is 256 g/mol. The van der Waals surface area contributed by atoms with E-state index in [1.54, 1.807) is 11.3 Å². The Labute approximate surface area is 119 Å².